The molecule has 0 saturated heterocycles. The van der Waals surface area contributed by atoms with E-state index in [1.165, 1.54) is 49.3 Å². The number of carbonyl (C=O) groups excluding carboxylic acids is 1. The van der Waals surface area contributed by atoms with Gasteiger partial charge in [-0.15, -0.1) is 0 Å². The van der Waals surface area contributed by atoms with E-state index in [9.17, 15) is 9.18 Å². The summed E-state index contributed by atoms with van der Waals surface area (Å²) in [5, 5.41) is 0. The predicted octanol–water partition coefficient (Wildman–Crippen LogP) is 3.94. The van der Waals surface area contributed by atoms with E-state index in [0.717, 1.165) is 12.8 Å². The molecule has 2 aromatic rings. The molecule has 0 amide bonds. The van der Waals surface area contributed by atoms with Crippen LogP contribution in [0.1, 0.15) is 39.9 Å². The van der Waals surface area contributed by atoms with Crippen LogP contribution < -0.4 is 4.74 Å². The Morgan fingerprint density at radius 1 is 1.00 bits per heavy atom. The molecule has 3 heteroatoms. The molecule has 0 heterocycles. The van der Waals surface area contributed by atoms with Gasteiger partial charge in [0.2, 0.25) is 0 Å². The molecule has 21 heavy (non-hydrogen) atoms. The highest BCUT2D eigenvalue weighted by Gasteiger charge is 2.15. The molecule has 2 aromatic carbocycles. The Morgan fingerprint density at radius 2 is 1.67 bits per heavy atom. The van der Waals surface area contributed by atoms with Crippen molar-refractivity contribution in [3.05, 3.63) is 64.5 Å². The zero-order valence-electron chi connectivity index (χ0n) is 12.0. The average molecular weight is 284 g/mol. The summed E-state index contributed by atoms with van der Waals surface area (Å²) in [4.78, 5) is 12.5. The summed E-state index contributed by atoms with van der Waals surface area (Å²) in [7, 11) is 1.39. The van der Waals surface area contributed by atoms with Crippen LogP contribution >= 0.6 is 0 Å². The highest BCUT2D eigenvalue weighted by molar-refractivity contribution is 6.09. The Bertz CT molecular complexity index is 692. The van der Waals surface area contributed by atoms with Crippen molar-refractivity contribution in [3.8, 4) is 5.75 Å². The van der Waals surface area contributed by atoms with E-state index < -0.39 is 5.82 Å². The third-order valence-corrected chi connectivity index (χ3v) is 4.02. The summed E-state index contributed by atoms with van der Waals surface area (Å²) in [6.45, 7) is 0. The van der Waals surface area contributed by atoms with Gasteiger partial charge >= 0.3 is 0 Å². The standard InChI is InChI=1S/C18H17FO2/c1-21-17-11-15(8-9-16(17)19)18(20)14-7-6-12-4-2-3-5-13(12)10-14/h6-11H,2-5H2,1H3. The van der Waals surface area contributed by atoms with E-state index in [4.69, 9.17) is 4.74 Å². The summed E-state index contributed by atoms with van der Waals surface area (Å²) >= 11 is 0. The van der Waals surface area contributed by atoms with Gasteiger partial charge in [0.05, 0.1) is 7.11 Å². The second-order valence-corrected chi connectivity index (χ2v) is 5.37. The van der Waals surface area contributed by atoms with E-state index in [2.05, 4.69) is 0 Å². The normalized spacial score (nSPS) is 13.6. The van der Waals surface area contributed by atoms with E-state index in [1.807, 2.05) is 18.2 Å². The van der Waals surface area contributed by atoms with Crippen molar-refractivity contribution in [2.24, 2.45) is 0 Å². The molecule has 108 valence electrons. The number of hydrogen-bond donors (Lipinski definition) is 0. The molecule has 0 radical (unpaired) electrons. The molecular formula is C18H17FO2. The molecule has 0 unspecified atom stereocenters. The van der Waals surface area contributed by atoms with Crippen molar-refractivity contribution in [3.63, 3.8) is 0 Å². The Balaban J connectivity index is 1.95. The van der Waals surface area contributed by atoms with Crippen LogP contribution in [0, 0.1) is 5.82 Å². The third kappa shape index (κ3) is 2.68. The second-order valence-electron chi connectivity index (χ2n) is 5.37. The number of ether oxygens (including phenoxy) is 1. The predicted molar refractivity (Wildman–Crippen MR) is 79.5 cm³/mol. The van der Waals surface area contributed by atoms with E-state index in [1.54, 1.807) is 0 Å². The number of fused-ring (bicyclic) bond motifs is 1. The van der Waals surface area contributed by atoms with Crippen LogP contribution in [0.25, 0.3) is 0 Å². The molecule has 0 N–H and O–H groups in total. The van der Waals surface area contributed by atoms with E-state index in [-0.39, 0.29) is 11.5 Å². The maximum absolute atomic E-state index is 13.4. The first-order valence-corrected chi connectivity index (χ1v) is 7.19. The number of benzene rings is 2. The fourth-order valence-electron chi connectivity index (χ4n) is 2.84. The highest BCUT2D eigenvalue weighted by Crippen LogP contribution is 2.25. The van der Waals surface area contributed by atoms with Gasteiger partial charge in [0.25, 0.3) is 0 Å². The fourth-order valence-corrected chi connectivity index (χ4v) is 2.84. The number of rotatable bonds is 3. The highest BCUT2D eigenvalue weighted by atomic mass is 19.1. The van der Waals surface area contributed by atoms with Crippen LogP contribution in [-0.2, 0) is 12.8 Å². The van der Waals surface area contributed by atoms with Crippen LogP contribution in [0.5, 0.6) is 5.75 Å². The van der Waals surface area contributed by atoms with Gasteiger partial charge in [-0.05, 0) is 61.1 Å². The van der Waals surface area contributed by atoms with Gasteiger partial charge in [0, 0.05) is 11.1 Å². The molecule has 0 saturated carbocycles. The second kappa shape index (κ2) is 5.68. The molecule has 2 nitrogen and oxygen atoms in total. The van der Waals surface area contributed by atoms with Crippen LogP contribution in [0.2, 0.25) is 0 Å². The average Bonchev–Trinajstić information content (AvgIpc) is 2.54. The van der Waals surface area contributed by atoms with Gasteiger partial charge < -0.3 is 4.74 Å². The summed E-state index contributed by atoms with van der Waals surface area (Å²) in [6, 6.07) is 10.1. The lowest BCUT2D eigenvalue weighted by atomic mass is 9.89. The van der Waals surface area contributed by atoms with Gasteiger partial charge in [0.1, 0.15) is 0 Å². The number of methoxy groups -OCH3 is 1. The van der Waals surface area contributed by atoms with Crippen molar-refractivity contribution in [1.82, 2.24) is 0 Å². The van der Waals surface area contributed by atoms with Gasteiger partial charge in [0.15, 0.2) is 17.3 Å². The van der Waals surface area contributed by atoms with Crippen LogP contribution in [0.4, 0.5) is 4.39 Å². The molecular weight excluding hydrogens is 267 g/mol. The minimum absolute atomic E-state index is 0.0957. The Morgan fingerprint density at radius 3 is 2.43 bits per heavy atom. The smallest absolute Gasteiger partial charge is 0.193 e. The minimum Gasteiger partial charge on any atom is -0.494 e. The van der Waals surface area contributed by atoms with Crippen molar-refractivity contribution >= 4 is 5.78 Å². The van der Waals surface area contributed by atoms with Crippen LogP contribution in [-0.4, -0.2) is 12.9 Å². The van der Waals surface area contributed by atoms with Gasteiger partial charge in [-0.3, -0.25) is 4.79 Å². The van der Waals surface area contributed by atoms with Crippen molar-refractivity contribution in [2.75, 3.05) is 7.11 Å². The van der Waals surface area contributed by atoms with Gasteiger partial charge in [-0.25, -0.2) is 4.39 Å². The quantitative estimate of drug-likeness (QED) is 0.798. The number of carbonyl (C=O) groups is 1. The summed E-state index contributed by atoms with van der Waals surface area (Å²) in [5.74, 6) is -0.458. The Kier molecular flexibility index (Phi) is 3.74. The van der Waals surface area contributed by atoms with Crippen LogP contribution in [0.3, 0.4) is 0 Å². The lowest BCUT2D eigenvalue weighted by Crippen LogP contribution is -2.07. The minimum atomic E-state index is -0.459. The van der Waals surface area contributed by atoms with Crippen molar-refractivity contribution < 1.29 is 13.9 Å². The molecule has 0 atom stereocenters. The zero-order valence-corrected chi connectivity index (χ0v) is 12.0. The molecule has 1 aliphatic carbocycles. The largest absolute Gasteiger partial charge is 0.494 e. The maximum atomic E-state index is 13.4. The number of ketones is 1. The summed E-state index contributed by atoms with van der Waals surface area (Å²) in [6.07, 6.45) is 4.52. The fraction of sp³-hybridized carbons (Fsp3) is 0.278. The lowest BCUT2D eigenvalue weighted by Gasteiger charge is -2.16. The summed E-state index contributed by atoms with van der Waals surface area (Å²) in [5.41, 5.74) is 3.71. The first-order valence-electron chi connectivity index (χ1n) is 7.19. The lowest BCUT2D eigenvalue weighted by molar-refractivity contribution is 0.103. The van der Waals surface area contributed by atoms with Crippen molar-refractivity contribution in [1.29, 1.82) is 0 Å². The summed E-state index contributed by atoms with van der Waals surface area (Å²) < 4.78 is 18.4. The molecule has 0 aliphatic heterocycles. The Hall–Kier alpha value is -2.16. The monoisotopic (exact) mass is 284 g/mol. The number of aryl methyl sites for hydroxylation is 2. The molecule has 3 rings (SSSR count). The first-order chi connectivity index (χ1) is 10.2. The van der Waals surface area contributed by atoms with Crippen LogP contribution in [0.15, 0.2) is 36.4 Å². The van der Waals surface area contributed by atoms with E-state index >= 15 is 0 Å². The number of hydrogen-bond acceptors (Lipinski definition) is 2. The molecule has 0 spiro atoms. The Labute approximate surface area is 123 Å². The topological polar surface area (TPSA) is 26.3 Å². The zero-order chi connectivity index (χ0) is 14.8. The molecule has 0 fully saturated rings. The maximum Gasteiger partial charge on any atom is 0.193 e. The number of halogens is 1. The van der Waals surface area contributed by atoms with Gasteiger partial charge in [-0.1, -0.05) is 12.1 Å². The van der Waals surface area contributed by atoms with E-state index in [0.29, 0.717) is 11.1 Å². The SMILES string of the molecule is COc1cc(C(=O)c2ccc3c(c2)CCCC3)ccc1F. The molecule has 1 aliphatic rings. The molecule has 0 bridgehead atoms. The van der Waals surface area contributed by atoms with Gasteiger partial charge in [-0.2, -0.15) is 0 Å². The molecule has 0 aromatic heterocycles. The van der Waals surface area contributed by atoms with Crippen molar-refractivity contribution in [2.45, 2.75) is 25.7 Å². The first kappa shape index (κ1) is 13.8. The third-order valence-electron chi connectivity index (χ3n) is 4.02.